The SMILES string of the molecule is COC(=O)c1ccc(CN2CCCC(C)(OC)C2)cc1F. The lowest BCUT2D eigenvalue weighted by Gasteiger charge is -2.39. The molecule has 0 bridgehead atoms. The van der Waals surface area contributed by atoms with Crippen LogP contribution in [0.15, 0.2) is 18.2 Å². The summed E-state index contributed by atoms with van der Waals surface area (Å²) < 4.78 is 24.0. The lowest BCUT2D eigenvalue weighted by Crippen LogP contribution is -2.46. The summed E-state index contributed by atoms with van der Waals surface area (Å²) in [6.07, 6.45) is 2.10. The molecule has 1 aromatic carbocycles. The molecule has 1 unspecified atom stereocenters. The molecular formula is C16H22FNO3. The number of methoxy groups -OCH3 is 2. The molecule has 0 radical (unpaired) electrons. The summed E-state index contributed by atoms with van der Waals surface area (Å²) in [6, 6.07) is 4.66. The second kappa shape index (κ2) is 6.54. The average molecular weight is 295 g/mol. The van der Waals surface area contributed by atoms with Crippen molar-refractivity contribution in [3.8, 4) is 0 Å². The number of esters is 1. The number of benzene rings is 1. The zero-order valence-corrected chi connectivity index (χ0v) is 12.8. The topological polar surface area (TPSA) is 38.8 Å². The minimum absolute atomic E-state index is 0.0263. The molecule has 1 fully saturated rings. The molecule has 116 valence electrons. The largest absolute Gasteiger partial charge is 0.465 e. The van der Waals surface area contributed by atoms with Crippen LogP contribution in [-0.4, -0.2) is 43.8 Å². The van der Waals surface area contributed by atoms with Crippen molar-refractivity contribution in [3.63, 3.8) is 0 Å². The molecule has 0 aliphatic carbocycles. The Morgan fingerprint density at radius 2 is 2.19 bits per heavy atom. The smallest absolute Gasteiger partial charge is 0.340 e. The van der Waals surface area contributed by atoms with E-state index < -0.39 is 11.8 Å². The molecule has 1 saturated heterocycles. The summed E-state index contributed by atoms with van der Waals surface area (Å²) >= 11 is 0. The zero-order valence-electron chi connectivity index (χ0n) is 12.8. The second-order valence-electron chi connectivity index (χ2n) is 5.77. The van der Waals surface area contributed by atoms with Gasteiger partial charge in [0.2, 0.25) is 0 Å². The van der Waals surface area contributed by atoms with E-state index in [1.165, 1.54) is 19.2 Å². The van der Waals surface area contributed by atoms with Gasteiger partial charge >= 0.3 is 5.97 Å². The molecule has 1 heterocycles. The lowest BCUT2D eigenvalue weighted by molar-refractivity contribution is -0.0527. The van der Waals surface area contributed by atoms with Gasteiger partial charge in [-0.25, -0.2) is 9.18 Å². The van der Waals surface area contributed by atoms with Gasteiger partial charge in [-0.2, -0.15) is 0 Å². The third-order valence-electron chi connectivity index (χ3n) is 4.08. The van der Waals surface area contributed by atoms with Crippen molar-refractivity contribution in [1.29, 1.82) is 0 Å². The highest BCUT2D eigenvalue weighted by molar-refractivity contribution is 5.89. The van der Waals surface area contributed by atoms with Gasteiger partial charge in [0.1, 0.15) is 5.82 Å². The van der Waals surface area contributed by atoms with Gasteiger partial charge in [0, 0.05) is 20.2 Å². The maximum Gasteiger partial charge on any atom is 0.340 e. The molecule has 1 aliphatic heterocycles. The van der Waals surface area contributed by atoms with Gasteiger partial charge in [0.25, 0.3) is 0 Å². The first-order chi connectivity index (χ1) is 9.97. The third kappa shape index (κ3) is 3.80. The van der Waals surface area contributed by atoms with E-state index in [-0.39, 0.29) is 11.2 Å². The van der Waals surface area contributed by atoms with E-state index in [1.807, 2.05) is 0 Å². The van der Waals surface area contributed by atoms with Crippen molar-refractivity contribution in [2.45, 2.75) is 31.9 Å². The molecule has 1 aliphatic rings. The van der Waals surface area contributed by atoms with Crippen molar-refractivity contribution >= 4 is 5.97 Å². The molecule has 0 amide bonds. The lowest BCUT2D eigenvalue weighted by atomic mass is 9.94. The monoisotopic (exact) mass is 295 g/mol. The molecule has 0 spiro atoms. The van der Waals surface area contributed by atoms with Crippen LogP contribution in [0.4, 0.5) is 4.39 Å². The Balaban J connectivity index is 2.06. The number of hydrogen-bond acceptors (Lipinski definition) is 4. The van der Waals surface area contributed by atoms with E-state index in [0.717, 1.165) is 31.5 Å². The number of carbonyl (C=O) groups is 1. The molecule has 1 atom stereocenters. The van der Waals surface area contributed by atoms with E-state index in [4.69, 9.17) is 4.74 Å². The number of nitrogens with zero attached hydrogens (tertiary/aromatic N) is 1. The maximum atomic E-state index is 13.9. The Kier molecular flexibility index (Phi) is 4.96. The second-order valence-corrected chi connectivity index (χ2v) is 5.77. The van der Waals surface area contributed by atoms with Crippen molar-refractivity contribution in [3.05, 3.63) is 35.1 Å². The van der Waals surface area contributed by atoms with Crippen LogP contribution in [0.5, 0.6) is 0 Å². The van der Waals surface area contributed by atoms with Crippen LogP contribution in [0.1, 0.15) is 35.7 Å². The quantitative estimate of drug-likeness (QED) is 0.800. The standard InChI is InChI=1S/C16H22FNO3/c1-16(21-3)7-4-8-18(11-16)10-12-5-6-13(14(17)9-12)15(19)20-2/h5-6,9H,4,7-8,10-11H2,1-3H3. The van der Waals surface area contributed by atoms with Crippen LogP contribution in [0.25, 0.3) is 0 Å². The van der Waals surface area contributed by atoms with Crippen molar-refractivity contribution < 1.29 is 18.7 Å². The van der Waals surface area contributed by atoms with E-state index >= 15 is 0 Å². The first-order valence-electron chi connectivity index (χ1n) is 7.12. The Labute approximate surface area is 124 Å². The molecule has 0 aromatic heterocycles. The molecule has 0 saturated carbocycles. The number of ether oxygens (including phenoxy) is 2. The summed E-state index contributed by atoms with van der Waals surface area (Å²) in [5.74, 6) is -1.19. The Hall–Kier alpha value is -1.46. The van der Waals surface area contributed by atoms with Crippen LogP contribution < -0.4 is 0 Å². The first-order valence-corrected chi connectivity index (χ1v) is 7.12. The van der Waals surface area contributed by atoms with Gasteiger partial charge in [0.05, 0.1) is 18.3 Å². The molecule has 1 aromatic rings. The number of likely N-dealkylation sites (tertiary alicyclic amines) is 1. The molecular weight excluding hydrogens is 273 g/mol. The maximum absolute atomic E-state index is 13.9. The summed E-state index contributed by atoms with van der Waals surface area (Å²) in [6.45, 7) is 4.54. The minimum Gasteiger partial charge on any atom is -0.465 e. The van der Waals surface area contributed by atoms with E-state index in [2.05, 4.69) is 16.6 Å². The highest BCUT2D eigenvalue weighted by Crippen LogP contribution is 2.25. The molecule has 0 N–H and O–H groups in total. The highest BCUT2D eigenvalue weighted by Gasteiger charge is 2.30. The van der Waals surface area contributed by atoms with E-state index in [0.29, 0.717) is 6.54 Å². The Morgan fingerprint density at radius 3 is 2.81 bits per heavy atom. The predicted molar refractivity (Wildman–Crippen MR) is 77.7 cm³/mol. The summed E-state index contributed by atoms with van der Waals surface area (Å²) in [5, 5.41) is 0. The Bertz CT molecular complexity index is 520. The molecule has 4 nitrogen and oxygen atoms in total. The van der Waals surface area contributed by atoms with E-state index in [1.54, 1.807) is 13.2 Å². The first kappa shape index (κ1) is 15.9. The number of halogens is 1. The normalized spacial score (nSPS) is 23.0. The fourth-order valence-corrected chi connectivity index (χ4v) is 2.80. The molecule has 5 heteroatoms. The number of hydrogen-bond donors (Lipinski definition) is 0. The van der Waals surface area contributed by atoms with Crippen molar-refractivity contribution in [2.75, 3.05) is 27.3 Å². The highest BCUT2D eigenvalue weighted by atomic mass is 19.1. The van der Waals surface area contributed by atoms with Crippen LogP contribution in [0, 0.1) is 5.82 Å². The van der Waals surface area contributed by atoms with Crippen LogP contribution >= 0.6 is 0 Å². The van der Waals surface area contributed by atoms with Crippen LogP contribution in [0.3, 0.4) is 0 Å². The summed E-state index contributed by atoms with van der Waals surface area (Å²) in [5.41, 5.74) is 0.685. The van der Waals surface area contributed by atoms with Crippen LogP contribution in [-0.2, 0) is 16.0 Å². The molecule has 2 rings (SSSR count). The summed E-state index contributed by atoms with van der Waals surface area (Å²) in [7, 11) is 2.98. The average Bonchev–Trinajstić information content (AvgIpc) is 2.47. The van der Waals surface area contributed by atoms with Crippen molar-refractivity contribution in [1.82, 2.24) is 4.90 Å². The van der Waals surface area contributed by atoms with Gasteiger partial charge < -0.3 is 9.47 Å². The number of piperidine rings is 1. The minimum atomic E-state index is -0.649. The van der Waals surface area contributed by atoms with E-state index in [9.17, 15) is 9.18 Å². The Morgan fingerprint density at radius 1 is 1.43 bits per heavy atom. The fourth-order valence-electron chi connectivity index (χ4n) is 2.80. The van der Waals surface area contributed by atoms with Gasteiger partial charge in [-0.3, -0.25) is 4.90 Å². The van der Waals surface area contributed by atoms with Crippen molar-refractivity contribution in [2.24, 2.45) is 0 Å². The number of rotatable bonds is 4. The van der Waals surface area contributed by atoms with Gasteiger partial charge in [-0.15, -0.1) is 0 Å². The van der Waals surface area contributed by atoms with Gasteiger partial charge in [-0.05, 0) is 44.0 Å². The number of carbonyl (C=O) groups excluding carboxylic acids is 1. The molecule has 21 heavy (non-hydrogen) atoms. The fraction of sp³-hybridized carbons (Fsp3) is 0.562. The van der Waals surface area contributed by atoms with Gasteiger partial charge in [-0.1, -0.05) is 6.07 Å². The van der Waals surface area contributed by atoms with Gasteiger partial charge in [0.15, 0.2) is 0 Å². The third-order valence-corrected chi connectivity index (χ3v) is 4.08. The predicted octanol–water partition coefficient (Wildman–Crippen LogP) is 2.61. The van der Waals surface area contributed by atoms with Crippen LogP contribution in [0.2, 0.25) is 0 Å². The summed E-state index contributed by atoms with van der Waals surface area (Å²) in [4.78, 5) is 13.6. The zero-order chi connectivity index (χ0) is 15.5.